The number of pyridine rings is 1. The lowest BCUT2D eigenvalue weighted by Crippen LogP contribution is -1.86. The van der Waals surface area contributed by atoms with E-state index in [0.717, 1.165) is 22.2 Å². The molecule has 104 valence electrons. The molecule has 0 fully saturated rings. The molecule has 2 aromatic carbocycles. The summed E-state index contributed by atoms with van der Waals surface area (Å²) in [5.74, 6) is 0.442. The first-order valence-electron chi connectivity index (χ1n) is 6.70. The highest BCUT2D eigenvalue weighted by molar-refractivity contribution is 5.94. The van der Waals surface area contributed by atoms with Crippen LogP contribution in [0.4, 0.5) is 0 Å². The average Bonchev–Trinajstić information content (AvgIpc) is 2.49. The lowest BCUT2D eigenvalue weighted by molar-refractivity contribution is 0.475. The summed E-state index contributed by atoms with van der Waals surface area (Å²) in [6.45, 7) is 1.90. The molecule has 0 amide bonds. The fourth-order valence-electron chi connectivity index (χ4n) is 2.24. The molecule has 3 rings (SSSR count). The molecule has 0 unspecified atom stereocenters. The van der Waals surface area contributed by atoms with Gasteiger partial charge in [-0.05, 0) is 42.3 Å². The first kappa shape index (κ1) is 13.2. The van der Waals surface area contributed by atoms with E-state index in [9.17, 15) is 10.2 Å². The Bertz CT molecular complexity index is 820. The molecule has 1 heterocycles. The van der Waals surface area contributed by atoms with Gasteiger partial charge < -0.3 is 10.2 Å². The van der Waals surface area contributed by atoms with Gasteiger partial charge >= 0.3 is 0 Å². The Morgan fingerprint density at radius 3 is 2.38 bits per heavy atom. The maximum atomic E-state index is 9.92. The summed E-state index contributed by atoms with van der Waals surface area (Å²) >= 11 is 0. The van der Waals surface area contributed by atoms with Crippen molar-refractivity contribution in [2.75, 3.05) is 0 Å². The first-order valence-corrected chi connectivity index (χ1v) is 6.70. The predicted octanol–water partition coefficient (Wildman–Crippen LogP) is 4.12. The van der Waals surface area contributed by atoms with Crippen LogP contribution in [0, 0.1) is 6.92 Å². The number of aromatic hydroxyl groups is 2. The molecule has 0 radical (unpaired) electrons. The highest BCUT2D eigenvalue weighted by atomic mass is 16.3. The minimum absolute atomic E-state index is 0.190. The fourth-order valence-corrected chi connectivity index (χ4v) is 2.24. The van der Waals surface area contributed by atoms with Gasteiger partial charge in [-0.2, -0.15) is 0 Å². The smallest absolute Gasteiger partial charge is 0.141 e. The molecule has 0 saturated carbocycles. The van der Waals surface area contributed by atoms with Crippen LogP contribution in [0.25, 0.3) is 23.1 Å². The van der Waals surface area contributed by atoms with Gasteiger partial charge in [0.1, 0.15) is 17.0 Å². The van der Waals surface area contributed by atoms with Crippen LogP contribution < -0.4 is 0 Å². The zero-order valence-corrected chi connectivity index (χ0v) is 11.6. The molecule has 21 heavy (non-hydrogen) atoms. The highest BCUT2D eigenvalue weighted by Crippen LogP contribution is 2.27. The van der Waals surface area contributed by atoms with E-state index in [2.05, 4.69) is 4.98 Å². The van der Waals surface area contributed by atoms with Crippen LogP contribution in [0.1, 0.15) is 16.8 Å². The van der Waals surface area contributed by atoms with Crippen LogP contribution in [0.2, 0.25) is 0 Å². The van der Waals surface area contributed by atoms with E-state index in [1.807, 2.05) is 49.4 Å². The van der Waals surface area contributed by atoms with E-state index in [-0.39, 0.29) is 11.5 Å². The lowest BCUT2D eigenvalue weighted by Gasteiger charge is -2.05. The van der Waals surface area contributed by atoms with Crippen molar-refractivity contribution in [3.63, 3.8) is 0 Å². The van der Waals surface area contributed by atoms with Gasteiger partial charge in [-0.15, -0.1) is 0 Å². The summed E-state index contributed by atoms with van der Waals surface area (Å²) < 4.78 is 0. The number of rotatable bonds is 2. The molecule has 2 N–H and O–H groups in total. The molecule has 0 atom stereocenters. The van der Waals surface area contributed by atoms with E-state index in [1.165, 1.54) is 0 Å². The van der Waals surface area contributed by atoms with Crippen molar-refractivity contribution in [2.45, 2.75) is 6.92 Å². The maximum absolute atomic E-state index is 9.92. The molecular weight excluding hydrogens is 262 g/mol. The molecule has 0 spiro atoms. The predicted molar refractivity (Wildman–Crippen MR) is 85.2 cm³/mol. The molecule has 3 heteroatoms. The van der Waals surface area contributed by atoms with E-state index < -0.39 is 0 Å². The zero-order valence-electron chi connectivity index (χ0n) is 11.6. The highest BCUT2D eigenvalue weighted by Gasteiger charge is 2.05. The number of fused-ring (bicyclic) bond motifs is 1. The number of hydrogen-bond acceptors (Lipinski definition) is 3. The summed E-state index contributed by atoms with van der Waals surface area (Å²) in [7, 11) is 0. The van der Waals surface area contributed by atoms with Crippen molar-refractivity contribution in [2.24, 2.45) is 0 Å². The number of nitrogens with zero attached hydrogens (tertiary/aromatic N) is 1. The average molecular weight is 277 g/mol. The Kier molecular flexibility index (Phi) is 3.32. The third-order valence-corrected chi connectivity index (χ3v) is 3.36. The summed E-state index contributed by atoms with van der Waals surface area (Å²) in [4.78, 5) is 4.39. The number of aryl methyl sites for hydroxylation is 1. The van der Waals surface area contributed by atoms with Crippen molar-refractivity contribution in [1.82, 2.24) is 4.98 Å². The SMILES string of the molecule is Cc1ccc2c(/C=C/c3ccc(O)cc3)ccc(O)c2n1. The second-order valence-corrected chi connectivity index (χ2v) is 4.95. The molecule has 0 bridgehead atoms. The summed E-state index contributed by atoms with van der Waals surface area (Å²) in [6, 6.07) is 14.4. The summed E-state index contributed by atoms with van der Waals surface area (Å²) in [5.41, 5.74) is 3.47. The maximum Gasteiger partial charge on any atom is 0.141 e. The monoisotopic (exact) mass is 277 g/mol. The second kappa shape index (κ2) is 5.29. The number of aromatic nitrogens is 1. The summed E-state index contributed by atoms with van der Waals surface area (Å²) in [5, 5.41) is 20.1. The molecule has 1 aromatic heterocycles. The number of benzene rings is 2. The van der Waals surface area contributed by atoms with Crippen LogP contribution in [0.5, 0.6) is 11.5 Å². The van der Waals surface area contributed by atoms with Gasteiger partial charge in [-0.25, -0.2) is 4.98 Å². The van der Waals surface area contributed by atoms with Crippen LogP contribution in [0.3, 0.4) is 0 Å². The second-order valence-electron chi connectivity index (χ2n) is 4.95. The number of phenolic OH excluding ortho intramolecular Hbond substituents is 2. The largest absolute Gasteiger partial charge is 0.508 e. The van der Waals surface area contributed by atoms with Crippen molar-refractivity contribution in [1.29, 1.82) is 0 Å². The number of phenols is 2. The van der Waals surface area contributed by atoms with Gasteiger partial charge in [0.2, 0.25) is 0 Å². The van der Waals surface area contributed by atoms with E-state index in [0.29, 0.717) is 5.52 Å². The van der Waals surface area contributed by atoms with Crippen molar-refractivity contribution in [3.8, 4) is 11.5 Å². The van der Waals surface area contributed by atoms with Crippen LogP contribution >= 0.6 is 0 Å². The van der Waals surface area contributed by atoms with Crippen LogP contribution in [-0.4, -0.2) is 15.2 Å². The van der Waals surface area contributed by atoms with Crippen molar-refractivity contribution in [3.05, 3.63) is 65.4 Å². The minimum Gasteiger partial charge on any atom is -0.508 e. The Hall–Kier alpha value is -2.81. The van der Waals surface area contributed by atoms with Crippen molar-refractivity contribution >= 4 is 23.1 Å². The van der Waals surface area contributed by atoms with Gasteiger partial charge in [0, 0.05) is 11.1 Å². The first-order chi connectivity index (χ1) is 10.1. The Morgan fingerprint density at radius 2 is 1.62 bits per heavy atom. The molecular formula is C18H15NO2. The van der Waals surface area contributed by atoms with Gasteiger partial charge in [0.15, 0.2) is 0 Å². The topological polar surface area (TPSA) is 53.4 Å². The molecule has 0 saturated heterocycles. The molecule has 0 aliphatic heterocycles. The van der Waals surface area contributed by atoms with E-state index in [4.69, 9.17) is 0 Å². The van der Waals surface area contributed by atoms with Crippen molar-refractivity contribution < 1.29 is 10.2 Å². The van der Waals surface area contributed by atoms with Gasteiger partial charge in [0.25, 0.3) is 0 Å². The third kappa shape index (κ3) is 2.72. The van der Waals surface area contributed by atoms with Gasteiger partial charge in [-0.1, -0.05) is 36.4 Å². The fraction of sp³-hybridized carbons (Fsp3) is 0.0556. The van der Waals surface area contributed by atoms with E-state index >= 15 is 0 Å². The Labute approximate surface area is 122 Å². The normalized spacial score (nSPS) is 11.3. The molecule has 0 aliphatic carbocycles. The molecule has 3 nitrogen and oxygen atoms in total. The van der Waals surface area contributed by atoms with Gasteiger partial charge in [-0.3, -0.25) is 0 Å². The minimum atomic E-state index is 0.190. The Balaban J connectivity index is 2.05. The molecule has 0 aliphatic rings. The van der Waals surface area contributed by atoms with Gasteiger partial charge in [0.05, 0.1) is 0 Å². The van der Waals surface area contributed by atoms with Crippen LogP contribution in [0.15, 0.2) is 48.5 Å². The zero-order chi connectivity index (χ0) is 14.8. The quantitative estimate of drug-likeness (QED) is 0.693. The third-order valence-electron chi connectivity index (χ3n) is 3.36. The summed E-state index contributed by atoms with van der Waals surface area (Å²) in [6.07, 6.45) is 3.94. The Morgan fingerprint density at radius 1 is 0.857 bits per heavy atom. The van der Waals surface area contributed by atoms with E-state index in [1.54, 1.807) is 18.2 Å². The lowest BCUT2D eigenvalue weighted by atomic mass is 10.1. The standard InChI is InChI=1S/C18H15NO2/c1-12-2-10-16-14(7-11-17(21)18(16)19-12)6-3-13-4-8-15(20)9-5-13/h2-11,20-21H,1H3/b6-3+. The number of hydrogen-bond donors (Lipinski definition) is 2. The molecule has 3 aromatic rings. The van der Waals surface area contributed by atoms with Crippen LogP contribution in [-0.2, 0) is 0 Å².